The summed E-state index contributed by atoms with van der Waals surface area (Å²) in [5, 5.41) is 0. The van der Waals surface area contributed by atoms with Crippen LogP contribution >= 0.6 is 0 Å². The van der Waals surface area contributed by atoms with Crippen molar-refractivity contribution in [3.05, 3.63) is 35.9 Å². The van der Waals surface area contributed by atoms with Gasteiger partial charge in [-0.1, -0.05) is 30.3 Å². The van der Waals surface area contributed by atoms with Crippen molar-refractivity contribution in [1.29, 1.82) is 0 Å². The average Bonchev–Trinajstić information content (AvgIpc) is 2.43. The van der Waals surface area contributed by atoms with Crippen LogP contribution in [0.3, 0.4) is 0 Å². The van der Waals surface area contributed by atoms with E-state index in [0.29, 0.717) is 0 Å². The third kappa shape index (κ3) is 3.44. The molecule has 2 atom stereocenters. The summed E-state index contributed by atoms with van der Waals surface area (Å²) in [7, 11) is 0. The summed E-state index contributed by atoms with van der Waals surface area (Å²) in [5.74, 6) is -4.45. The minimum Gasteiger partial charge on any atom is -0.598 e. The maximum atomic E-state index is 14.1. The van der Waals surface area contributed by atoms with Gasteiger partial charge in [-0.3, -0.25) is 4.79 Å². The topological polar surface area (TPSA) is 52.2 Å². The Hall–Kier alpha value is -1.12. The van der Waals surface area contributed by atoms with E-state index in [1.54, 1.807) is 0 Å². The third-order valence-corrected chi connectivity index (χ3v) is 4.66. The first-order valence-electron chi connectivity index (χ1n) is 6.36. The number of hydrogen-bond acceptors (Lipinski definition) is 3. The molecule has 0 spiro atoms. The molecule has 22 heavy (non-hydrogen) atoms. The zero-order valence-corrected chi connectivity index (χ0v) is 13.1. The van der Waals surface area contributed by atoms with Crippen LogP contribution in [0.25, 0.3) is 0 Å². The molecule has 0 aliphatic carbocycles. The molecule has 0 amide bonds. The summed E-state index contributed by atoms with van der Waals surface area (Å²) in [6.45, 7) is 4.32. The molecule has 0 aliphatic rings. The van der Waals surface area contributed by atoms with Crippen LogP contribution < -0.4 is 4.72 Å². The van der Waals surface area contributed by atoms with Crippen LogP contribution in [0.2, 0.25) is 0 Å². The van der Waals surface area contributed by atoms with E-state index in [0.717, 1.165) is 12.1 Å². The summed E-state index contributed by atoms with van der Waals surface area (Å²) < 4.78 is 68.4. The summed E-state index contributed by atoms with van der Waals surface area (Å²) in [5.41, 5.74) is -3.88. The van der Waals surface area contributed by atoms with Crippen LogP contribution in [0.1, 0.15) is 26.3 Å². The first kappa shape index (κ1) is 18.9. The number of hydrogen-bond donors (Lipinski definition) is 1. The van der Waals surface area contributed by atoms with Crippen molar-refractivity contribution < 1.29 is 26.9 Å². The predicted molar refractivity (Wildman–Crippen MR) is 76.2 cm³/mol. The van der Waals surface area contributed by atoms with Gasteiger partial charge in [-0.2, -0.15) is 8.78 Å². The Kier molecular flexibility index (Phi) is 5.64. The molecule has 0 aromatic heterocycles. The summed E-state index contributed by atoms with van der Waals surface area (Å²) >= 11 is -2.24. The number of halogens is 4. The molecular weight excluding hydrogens is 322 g/mol. The first-order valence-corrected chi connectivity index (χ1v) is 7.51. The molecule has 3 nitrogen and oxygen atoms in total. The molecule has 0 heterocycles. The number of benzene rings is 1. The van der Waals surface area contributed by atoms with Crippen LogP contribution in [0, 0.1) is 0 Å². The van der Waals surface area contributed by atoms with Crippen LogP contribution in [0.4, 0.5) is 17.6 Å². The highest BCUT2D eigenvalue weighted by Gasteiger charge is 2.65. The fourth-order valence-electron chi connectivity index (χ4n) is 1.73. The molecular formula is C14H17F4NO2S. The number of alkyl halides is 4. The highest BCUT2D eigenvalue weighted by atomic mass is 32.2. The number of aldehydes is 1. The van der Waals surface area contributed by atoms with Crippen molar-refractivity contribution in [2.75, 3.05) is 0 Å². The molecule has 0 aliphatic heterocycles. The Bertz CT molecular complexity index is 507. The van der Waals surface area contributed by atoms with Crippen LogP contribution in [0.15, 0.2) is 30.3 Å². The molecule has 1 rings (SSSR count). The zero-order chi connectivity index (χ0) is 17.2. The van der Waals surface area contributed by atoms with Gasteiger partial charge >= 0.3 is 5.92 Å². The van der Waals surface area contributed by atoms with E-state index in [-0.39, 0.29) is 0 Å². The number of carbonyl (C=O) groups is 1. The van der Waals surface area contributed by atoms with Crippen molar-refractivity contribution in [1.82, 2.24) is 4.72 Å². The van der Waals surface area contributed by atoms with Crippen molar-refractivity contribution >= 4 is 17.6 Å². The minimum atomic E-state index is -4.45. The van der Waals surface area contributed by atoms with Gasteiger partial charge in [0.2, 0.25) is 5.54 Å². The monoisotopic (exact) mass is 339 g/mol. The van der Waals surface area contributed by atoms with E-state index in [2.05, 4.69) is 0 Å². The Labute approximate surface area is 129 Å². The second-order valence-electron chi connectivity index (χ2n) is 5.70. The SMILES string of the molecule is CC(C)(C)[S+]([O-])N[C@@](c1ccccc1)(C(F)F)C(F)(F)C=O. The van der Waals surface area contributed by atoms with Crippen molar-refractivity contribution in [2.45, 2.75) is 43.4 Å². The van der Waals surface area contributed by atoms with Gasteiger partial charge in [-0.15, -0.1) is 4.72 Å². The smallest absolute Gasteiger partial charge is 0.334 e. The predicted octanol–water partition coefficient (Wildman–Crippen LogP) is 3.03. The van der Waals surface area contributed by atoms with Gasteiger partial charge in [0, 0.05) is 11.4 Å². The fraction of sp³-hybridized carbons (Fsp3) is 0.500. The Balaban J connectivity index is 3.52. The molecule has 0 saturated carbocycles. The van der Waals surface area contributed by atoms with Gasteiger partial charge in [0.05, 0.1) is 0 Å². The van der Waals surface area contributed by atoms with Crippen molar-refractivity contribution in [3.8, 4) is 0 Å². The zero-order valence-electron chi connectivity index (χ0n) is 12.3. The molecule has 0 fully saturated rings. The number of rotatable bonds is 6. The quantitative estimate of drug-likeness (QED) is 0.492. The molecule has 1 unspecified atom stereocenters. The second-order valence-corrected chi connectivity index (χ2v) is 7.67. The number of nitrogens with one attached hydrogen (secondary N) is 1. The van der Waals surface area contributed by atoms with Gasteiger partial charge in [0.15, 0.2) is 6.29 Å². The lowest BCUT2D eigenvalue weighted by Crippen LogP contribution is -2.64. The highest BCUT2D eigenvalue weighted by Crippen LogP contribution is 2.42. The Morgan fingerprint density at radius 3 is 2.05 bits per heavy atom. The second kappa shape index (κ2) is 6.55. The Morgan fingerprint density at radius 1 is 1.18 bits per heavy atom. The van der Waals surface area contributed by atoms with E-state index >= 15 is 0 Å². The van der Waals surface area contributed by atoms with Crippen LogP contribution in [-0.2, 0) is 21.7 Å². The average molecular weight is 339 g/mol. The maximum Gasteiger partial charge on any atom is 0.334 e. The van der Waals surface area contributed by atoms with E-state index < -0.39 is 45.8 Å². The molecule has 1 aromatic carbocycles. The standard InChI is InChI=1S/C14H17F4NO2S/c1-12(2,3)22(21)19-14(11(15)16,13(17,18)9-20)10-7-5-4-6-8-10/h4-9,11,19H,1-3H3/t14-,22?/m0/s1. The normalized spacial score (nSPS) is 17.1. The molecule has 1 N–H and O–H groups in total. The highest BCUT2D eigenvalue weighted by molar-refractivity contribution is 7.90. The first-order chi connectivity index (χ1) is 9.99. The van der Waals surface area contributed by atoms with Gasteiger partial charge in [0.1, 0.15) is 4.75 Å². The summed E-state index contributed by atoms with van der Waals surface area (Å²) in [6, 6.07) is 6.11. The van der Waals surface area contributed by atoms with Gasteiger partial charge < -0.3 is 4.55 Å². The number of carbonyl (C=O) groups excluding carboxylic acids is 1. The minimum absolute atomic E-state index is 0.514. The van der Waals surface area contributed by atoms with E-state index in [1.807, 2.05) is 4.72 Å². The molecule has 1 aromatic rings. The summed E-state index contributed by atoms with van der Waals surface area (Å²) in [6.07, 6.45) is -4.51. The lowest BCUT2D eigenvalue weighted by atomic mass is 9.85. The lowest BCUT2D eigenvalue weighted by molar-refractivity contribution is -0.160. The van der Waals surface area contributed by atoms with Crippen molar-refractivity contribution in [3.63, 3.8) is 0 Å². The van der Waals surface area contributed by atoms with Gasteiger partial charge in [0.25, 0.3) is 6.43 Å². The largest absolute Gasteiger partial charge is 0.598 e. The van der Waals surface area contributed by atoms with E-state index in [1.165, 1.54) is 39.0 Å². The summed E-state index contributed by atoms with van der Waals surface area (Å²) in [4.78, 5) is 10.8. The molecule has 0 bridgehead atoms. The van der Waals surface area contributed by atoms with Crippen molar-refractivity contribution in [2.24, 2.45) is 0 Å². The lowest BCUT2D eigenvalue weighted by Gasteiger charge is -2.39. The van der Waals surface area contributed by atoms with Crippen LogP contribution in [0.5, 0.6) is 0 Å². The Morgan fingerprint density at radius 2 is 1.68 bits per heavy atom. The van der Waals surface area contributed by atoms with E-state index in [4.69, 9.17) is 0 Å². The van der Waals surface area contributed by atoms with E-state index in [9.17, 15) is 26.9 Å². The molecule has 124 valence electrons. The molecule has 0 saturated heterocycles. The van der Waals surface area contributed by atoms with Gasteiger partial charge in [-0.05, 0) is 26.3 Å². The third-order valence-electron chi connectivity index (χ3n) is 3.04. The van der Waals surface area contributed by atoms with Crippen LogP contribution in [-0.4, -0.2) is 27.9 Å². The maximum absolute atomic E-state index is 14.1. The van der Waals surface area contributed by atoms with Gasteiger partial charge in [-0.25, -0.2) is 8.78 Å². The fourth-order valence-corrected chi connectivity index (χ4v) is 2.67. The molecule has 0 radical (unpaired) electrons. The molecule has 8 heteroatoms.